The number of hydrogen-bond donors (Lipinski definition) is 1. The van der Waals surface area contributed by atoms with Crippen LogP contribution in [-0.4, -0.2) is 30.3 Å². The lowest BCUT2D eigenvalue weighted by Gasteiger charge is -2.08. The molecule has 3 rings (SSSR count). The van der Waals surface area contributed by atoms with Crippen molar-refractivity contribution in [3.63, 3.8) is 0 Å². The summed E-state index contributed by atoms with van der Waals surface area (Å²) in [5.41, 5.74) is 2.59. The summed E-state index contributed by atoms with van der Waals surface area (Å²) in [4.78, 5) is 12.4. The van der Waals surface area contributed by atoms with Crippen molar-refractivity contribution < 1.29 is 14.3 Å². The molecule has 0 aliphatic heterocycles. The molecule has 0 unspecified atom stereocenters. The number of methoxy groups -OCH3 is 2. The van der Waals surface area contributed by atoms with Crippen molar-refractivity contribution in [1.82, 2.24) is 10.2 Å². The molecule has 25 heavy (non-hydrogen) atoms. The van der Waals surface area contributed by atoms with E-state index in [0.29, 0.717) is 22.2 Å². The van der Waals surface area contributed by atoms with Gasteiger partial charge in [0.15, 0.2) is 11.5 Å². The molecule has 1 N–H and O–H groups in total. The van der Waals surface area contributed by atoms with Crippen LogP contribution in [0.25, 0.3) is 10.6 Å². The Bertz CT molecular complexity index is 891. The highest BCUT2D eigenvalue weighted by atomic mass is 32.1. The van der Waals surface area contributed by atoms with Crippen LogP contribution in [-0.2, 0) is 0 Å². The second-order valence-corrected chi connectivity index (χ2v) is 6.28. The highest BCUT2D eigenvalue weighted by Crippen LogP contribution is 2.29. The maximum atomic E-state index is 12.4. The Labute approximate surface area is 149 Å². The quantitative estimate of drug-likeness (QED) is 0.754. The molecule has 2 aromatic carbocycles. The zero-order valence-electron chi connectivity index (χ0n) is 14.1. The normalized spacial score (nSPS) is 10.4. The Hall–Kier alpha value is -2.93. The van der Waals surface area contributed by atoms with Crippen LogP contribution in [0.5, 0.6) is 11.5 Å². The summed E-state index contributed by atoms with van der Waals surface area (Å²) in [5, 5.41) is 12.1. The van der Waals surface area contributed by atoms with E-state index in [2.05, 4.69) is 15.5 Å². The molecular formula is C18H17N3O3S. The fourth-order valence-corrected chi connectivity index (χ4v) is 2.98. The van der Waals surface area contributed by atoms with Crippen molar-refractivity contribution in [2.45, 2.75) is 6.92 Å². The predicted molar refractivity (Wildman–Crippen MR) is 97.6 cm³/mol. The van der Waals surface area contributed by atoms with Gasteiger partial charge in [0.25, 0.3) is 5.91 Å². The third-order valence-electron chi connectivity index (χ3n) is 3.59. The molecule has 0 saturated heterocycles. The average Bonchev–Trinajstić information content (AvgIpc) is 3.10. The minimum Gasteiger partial charge on any atom is -0.493 e. The number of carbonyl (C=O) groups excluding carboxylic acids is 1. The Kier molecular flexibility index (Phi) is 4.95. The summed E-state index contributed by atoms with van der Waals surface area (Å²) < 4.78 is 10.4. The second kappa shape index (κ2) is 7.31. The van der Waals surface area contributed by atoms with Gasteiger partial charge in [0, 0.05) is 11.1 Å². The standard InChI is InChI=1S/C18H17N3O3S/c1-11-4-6-12(7-5-11)17-20-21-18(25-17)19-16(22)13-8-9-14(23-2)15(10-13)24-3/h4-10H,1-3H3,(H,19,21,22). The minimum absolute atomic E-state index is 0.285. The maximum Gasteiger partial charge on any atom is 0.257 e. The van der Waals surface area contributed by atoms with Gasteiger partial charge in [-0.25, -0.2) is 0 Å². The zero-order chi connectivity index (χ0) is 17.8. The van der Waals surface area contributed by atoms with Crippen LogP contribution in [0, 0.1) is 6.92 Å². The van der Waals surface area contributed by atoms with E-state index in [1.807, 2.05) is 31.2 Å². The van der Waals surface area contributed by atoms with Crippen molar-refractivity contribution in [3.8, 4) is 22.1 Å². The van der Waals surface area contributed by atoms with Crippen molar-refractivity contribution in [2.75, 3.05) is 19.5 Å². The Morgan fingerprint density at radius 1 is 1.00 bits per heavy atom. The first-order chi connectivity index (χ1) is 12.1. The van der Waals surface area contributed by atoms with Gasteiger partial charge in [-0.3, -0.25) is 10.1 Å². The number of benzene rings is 2. The van der Waals surface area contributed by atoms with Crippen LogP contribution < -0.4 is 14.8 Å². The van der Waals surface area contributed by atoms with E-state index in [1.165, 1.54) is 24.0 Å². The van der Waals surface area contributed by atoms with Crippen LogP contribution in [0.3, 0.4) is 0 Å². The van der Waals surface area contributed by atoms with E-state index in [4.69, 9.17) is 9.47 Å². The Morgan fingerprint density at radius 2 is 1.72 bits per heavy atom. The first-order valence-corrected chi connectivity index (χ1v) is 8.36. The molecule has 128 valence electrons. The molecule has 0 saturated carbocycles. The van der Waals surface area contributed by atoms with Crippen molar-refractivity contribution >= 4 is 22.4 Å². The monoisotopic (exact) mass is 355 g/mol. The second-order valence-electron chi connectivity index (χ2n) is 5.30. The fraction of sp³-hybridized carbons (Fsp3) is 0.167. The van der Waals surface area contributed by atoms with Gasteiger partial charge in [0.2, 0.25) is 5.13 Å². The number of rotatable bonds is 5. The van der Waals surface area contributed by atoms with Crippen LogP contribution >= 0.6 is 11.3 Å². The number of amides is 1. The number of aromatic nitrogens is 2. The summed E-state index contributed by atoms with van der Waals surface area (Å²) in [6.07, 6.45) is 0. The van der Waals surface area contributed by atoms with E-state index in [9.17, 15) is 4.79 Å². The number of nitrogens with one attached hydrogen (secondary N) is 1. The van der Waals surface area contributed by atoms with Gasteiger partial charge in [0.1, 0.15) is 5.01 Å². The van der Waals surface area contributed by atoms with Crippen molar-refractivity contribution in [2.24, 2.45) is 0 Å². The maximum absolute atomic E-state index is 12.4. The molecule has 7 heteroatoms. The number of aryl methyl sites for hydroxylation is 1. The molecule has 0 atom stereocenters. The van der Waals surface area contributed by atoms with Gasteiger partial charge in [-0.2, -0.15) is 0 Å². The number of anilines is 1. The number of ether oxygens (including phenoxy) is 2. The van der Waals surface area contributed by atoms with Crippen LogP contribution in [0.4, 0.5) is 5.13 Å². The average molecular weight is 355 g/mol. The first kappa shape index (κ1) is 16.9. The topological polar surface area (TPSA) is 73.3 Å². The van der Waals surface area contributed by atoms with Gasteiger partial charge in [-0.05, 0) is 25.1 Å². The van der Waals surface area contributed by atoms with Crippen LogP contribution in [0.2, 0.25) is 0 Å². The van der Waals surface area contributed by atoms with Gasteiger partial charge in [-0.15, -0.1) is 10.2 Å². The van der Waals surface area contributed by atoms with Crippen LogP contribution in [0.15, 0.2) is 42.5 Å². The smallest absolute Gasteiger partial charge is 0.257 e. The summed E-state index contributed by atoms with van der Waals surface area (Å²) in [7, 11) is 3.07. The number of carbonyl (C=O) groups is 1. The lowest BCUT2D eigenvalue weighted by molar-refractivity contribution is 0.102. The molecule has 6 nitrogen and oxygen atoms in total. The minimum atomic E-state index is -0.285. The molecule has 1 aromatic heterocycles. The van der Waals surface area contributed by atoms with Crippen molar-refractivity contribution in [1.29, 1.82) is 0 Å². The van der Waals surface area contributed by atoms with Gasteiger partial charge in [0.05, 0.1) is 14.2 Å². The molecular weight excluding hydrogens is 338 g/mol. The zero-order valence-corrected chi connectivity index (χ0v) is 14.9. The summed E-state index contributed by atoms with van der Waals surface area (Å²) in [5.74, 6) is 0.775. The first-order valence-electron chi connectivity index (χ1n) is 7.54. The Morgan fingerprint density at radius 3 is 2.40 bits per heavy atom. The molecule has 1 heterocycles. The molecule has 1 amide bonds. The largest absolute Gasteiger partial charge is 0.493 e. The van der Waals surface area contributed by atoms with Gasteiger partial charge in [-0.1, -0.05) is 41.2 Å². The fourth-order valence-electron chi connectivity index (χ4n) is 2.23. The predicted octanol–water partition coefficient (Wildman–Crippen LogP) is 3.78. The third kappa shape index (κ3) is 3.77. The summed E-state index contributed by atoms with van der Waals surface area (Å²) >= 11 is 1.32. The van der Waals surface area contributed by atoms with E-state index in [-0.39, 0.29) is 5.91 Å². The van der Waals surface area contributed by atoms with E-state index < -0.39 is 0 Å². The summed E-state index contributed by atoms with van der Waals surface area (Å²) in [6.45, 7) is 2.03. The van der Waals surface area contributed by atoms with E-state index in [1.54, 1.807) is 25.3 Å². The molecule has 3 aromatic rings. The van der Waals surface area contributed by atoms with Gasteiger partial charge >= 0.3 is 0 Å². The van der Waals surface area contributed by atoms with E-state index in [0.717, 1.165) is 10.6 Å². The van der Waals surface area contributed by atoms with Gasteiger partial charge < -0.3 is 9.47 Å². The number of nitrogens with zero attached hydrogens (tertiary/aromatic N) is 2. The molecule has 0 aliphatic carbocycles. The molecule has 0 fully saturated rings. The van der Waals surface area contributed by atoms with E-state index >= 15 is 0 Å². The molecule has 0 radical (unpaired) electrons. The Balaban J connectivity index is 1.76. The van der Waals surface area contributed by atoms with Crippen molar-refractivity contribution in [3.05, 3.63) is 53.6 Å². The van der Waals surface area contributed by atoms with Crippen LogP contribution in [0.1, 0.15) is 15.9 Å². The molecule has 0 aliphatic rings. The molecule has 0 spiro atoms. The lowest BCUT2D eigenvalue weighted by atomic mass is 10.2. The third-order valence-corrected chi connectivity index (χ3v) is 4.48. The summed E-state index contributed by atoms with van der Waals surface area (Å²) in [6, 6.07) is 13.0. The highest BCUT2D eigenvalue weighted by molar-refractivity contribution is 7.18. The molecule has 0 bridgehead atoms. The SMILES string of the molecule is COc1ccc(C(=O)Nc2nnc(-c3ccc(C)cc3)s2)cc1OC. The number of hydrogen-bond acceptors (Lipinski definition) is 6. The lowest BCUT2D eigenvalue weighted by Crippen LogP contribution is -2.11. The highest BCUT2D eigenvalue weighted by Gasteiger charge is 2.14.